The third-order valence-electron chi connectivity index (χ3n) is 11.6. The topological polar surface area (TPSA) is 194 Å². The van der Waals surface area contributed by atoms with E-state index in [2.05, 4.69) is 56.4 Å². The lowest BCUT2D eigenvalue weighted by Crippen LogP contribution is -2.48. The first-order valence-electron chi connectivity index (χ1n) is 23.7. The Hall–Kier alpha value is -3.90. The summed E-state index contributed by atoms with van der Waals surface area (Å²) in [6.07, 6.45) is 7.90. The number of carbonyl (C=O) groups is 3. The fourth-order valence-corrected chi connectivity index (χ4v) is 7.74. The van der Waals surface area contributed by atoms with Crippen LogP contribution in [-0.2, 0) is 27.3 Å². The minimum Gasteiger partial charge on any atom is -0.442 e. The Morgan fingerprint density at radius 3 is 1.30 bits per heavy atom. The van der Waals surface area contributed by atoms with Gasteiger partial charge < -0.3 is 34.7 Å². The summed E-state index contributed by atoms with van der Waals surface area (Å²) in [6.45, 7) is 25.6. The van der Waals surface area contributed by atoms with Crippen molar-refractivity contribution in [2.45, 2.75) is 187 Å². The van der Waals surface area contributed by atoms with Crippen LogP contribution in [0.1, 0.15) is 139 Å². The summed E-state index contributed by atoms with van der Waals surface area (Å²) in [5, 5.41) is 8.53. The molecule has 1 aromatic heterocycles. The Balaban J connectivity index is 1.20. The molecule has 6 atom stereocenters. The van der Waals surface area contributed by atoms with Crippen LogP contribution in [0, 0.1) is 0 Å². The molecule has 360 valence electrons. The molecule has 1 aromatic rings. The summed E-state index contributed by atoms with van der Waals surface area (Å²) < 4.78 is 25.2. The van der Waals surface area contributed by atoms with E-state index in [-0.39, 0.29) is 12.1 Å². The number of amides is 3. The third-order valence-corrected chi connectivity index (χ3v) is 11.6. The van der Waals surface area contributed by atoms with E-state index in [1.54, 1.807) is 0 Å². The second-order valence-electron chi connectivity index (χ2n) is 19.9. The second kappa shape index (κ2) is 24.4. The number of hydrogen-bond donors (Lipinski definition) is 3. The molecule has 3 aliphatic rings. The van der Waals surface area contributed by atoms with Gasteiger partial charge in [0.15, 0.2) is 0 Å². The molecule has 3 saturated heterocycles. The molecule has 0 aliphatic carbocycles. The summed E-state index contributed by atoms with van der Waals surface area (Å²) in [7, 11) is 0. The van der Waals surface area contributed by atoms with Gasteiger partial charge in [-0.1, -0.05) is 38.5 Å². The standard InChI is InChI=1S/C45H81N9O9/c1-34-28-50(34)31-43(4,5)60-39(56)47-23-17-11-10-16-22-46-37-38(55)53(26-20-14-12-18-24-48-40(57)61-44(6,7)32-51-29-35(51)2)42(59)54(63-37)27-21-15-13-19-25-49-41(58)62-45(8,9)33-52-30-36(52)3/h34-36H,10-33H2,1-9H3,(H,47,56)(H,48,57)(H,49,58)/b46-37-. The molecule has 18 heteroatoms. The van der Waals surface area contributed by atoms with E-state index in [9.17, 15) is 24.0 Å². The smallest absolute Gasteiger partial charge is 0.407 e. The first kappa shape index (κ1) is 51.7. The molecule has 18 nitrogen and oxygen atoms in total. The van der Waals surface area contributed by atoms with E-state index >= 15 is 0 Å². The lowest BCUT2D eigenvalue weighted by Gasteiger charge is -2.25. The van der Waals surface area contributed by atoms with Crippen LogP contribution >= 0.6 is 0 Å². The number of carbonyl (C=O) groups excluding carboxylic acids is 3. The lowest BCUT2D eigenvalue weighted by molar-refractivity contribution is 0.0271. The van der Waals surface area contributed by atoms with Crippen molar-refractivity contribution >= 4 is 18.3 Å². The van der Waals surface area contributed by atoms with Gasteiger partial charge in [0.25, 0.3) is 0 Å². The maximum Gasteiger partial charge on any atom is 0.407 e. The van der Waals surface area contributed by atoms with Crippen LogP contribution in [0.15, 0.2) is 19.1 Å². The summed E-state index contributed by atoms with van der Waals surface area (Å²) in [5.74, 6) is 0. The molecule has 6 unspecified atom stereocenters. The molecular weight excluding hydrogens is 811 g/mol. The Labute approximate surface area is 374 Å². The molecule has 63 heavy (non-hydrogen) atoms. The molecule has 0 aromatic carbocycles. The van der Waals surface area contributed by atoms with Gasteiger partial charge in [0.2, 0.25) is 0 Å². The fraction of sp³-hybridized carbons (Fsp3) is 0.867. The second-order valence-corrected chi connectivity index (χ2v) is 19.9. The summed E-state index contributed by atoms with van der Waals surface area (Å²) in [4.78, 5) is 75.3. The monoisotopic (exact) mass is 892 g/mol. The number of nitrogens with zero attached hydrogens (tertiary/aromatic N) is 6. The van der Waals surface area contributed by atoms with Crippen molar-refractivity contribution < 1.29 is 33.1 Å². The highest BCUT2D eigenvalue weighted by Gasteiger charge is 2.38. The van der Waals surface area contributed by atoms with Gasteiger partial charge in [-0.2, -0.15) is 4.74 Å². The maximum atomic E-state index is 13.5. The summed E-state index contributed by atoms with van der Waals surface area (Å²) >= 11 is 0. The highest BCUT2D eigenvalue weighted by Crippen LogP contribution is 2.24. The van der Waals surface area contributed by atoms with Crippen LogP contribution in [0.3, 0.4) is 0 Å². The van der Waals surface area contributed by atoms with Crippen molar-refractivity contribution in [3.63, 3.8) is 0 Å². The number of aryl methyl sites for hydroxylation is 1. The predicted molar refractivity (Wildman–Crippen MR) is 242 cm³/mol. The largest absolute Gasteiger partial charge is 0.442 e. The molecule has 3 amide bonds. The van der Waals surface area contributed by atoms with Crippen molar-refractivity contribution in [1.29, 1.82) is 0 Å². The van der Waals surface area contributed by atoms with Gasteiger partial charge in [-0.25, -0.2) is 24.2 Å². The molecule has 0 spiro atoms. The minimum atomic E-state index is -0.568. The van der Waals surface area contributed by atoms with Gasteiger partial charge in [0, 0.05) is 90.1 Å². The molecular formula is C45H81N9O9. The maximum absolute atomic E-state index is 13.5. The number of aromatic nitrogens is 2. The van der Waals surface area contributed by atoms with Crippen LogP contribution in [-0.4, -0.2) is 143 Å². The van der Waals surface area contributed by atoms with Crippen molar-refractivity contribution in [2.24, 2.45) is 4.99 Å². The summed E-state index contributed by atoms with van der Waals surface area (Å²) in [5.41, 5.74) is -2.81. The molecule has 4 rings (SSSR count). The van der Waals surface area contributed by atoms with E-state index in [1.807, 2.05) is 41.5 Å². The fourth-order valence-electron chi connectivity index (χ4n) is 7.74. The number of hydrogen-bond acceptors (Lipinski definition) is 13. The lowest BCUT2D eigenvalue weighted by atomic mass is 10.1. The first-order chi connectivity index (χ1) is 29.7. The first-order valence-corrected chi connectivity index (χ1v) is 23.7. The highest BCUT2D eigenvalue weighted by molar-refractivity contribution is 5.68. The Bertz CT molecular complexity index is 1810. The zero-order chi connectivity index (χ0) is 46.2. The van der Waals surface area contributed by atoms with E-state index < -0.39 is 46.3 Å². The van der Waals surface area contributed by atoms with Crippen molar-refractivity contribution in [1.82, 2.24) is 40.0 Å². The highest BCUT2D eigenvalue weighted by atomic mass is 16.6. The average Bonchev–Trinajstić information content (AvgIpc) is 4.15. The normalized spacial score (nSPS) is 22.0. The molecule has 0 bridgehead atoms. The van der Waals surface area contributed by atoms with Crippen molar-refractivity contribution in [2.75, 3.05) is 65.4 Å². The zero-order valence-corrected chi connectivity index (χ0v) is 40.1. The molecule has 0 radical (unpaired) electrons. The van der Waals surface area contributed by atoms with E-state index in [0.29, 0.717) is 89.7 Å². The molecule has 3 fully saturated rings. The predicted octanol–water partition coefficient (Wildman–Crippen LogP) is 4.81. The Morgan fingerprint density at radius 1 is 0.571 bits per heavy atom. The number of nitrogens with one attached hydrogen (secondary N) is 3. The SMILES string of the molecule is CC1CN1CC(C)(C)OC(=O)NCCCCCC/N=c1\on(CCCCCCNC(=O)OC(C)(C)CN2CC2C)c(=O)n(CCCCCCNC(=O)OC(C)(C)CN2CC2C)c1=O. The van der Waals surface area contributed by atoms with Crippen LogP contribution < -0.4 is 32.8 Å². The van der Waals surface area contributed by atoms with Gasteiger partial charge in [-0.15, -0.1) is 0 Å². The minimum absolute atomic E-state index is 0.0873. The zero-order valence-electron chi connectivity index (χ0n) is 40.1. The Morgan fingerprint density at radius 2 is 0.921 bits per heavy atom. The number of unbranched alkanes of at least 4 members (excludes halogenated alkanes) is 9. The Kier molecular flexibility index (Phi) is 20.0. The van der Waals surface area contributed by atoms with Crippen LogP contribution in [0.4, 0.5) is 14.4 Å². The summed E-state index contributed by atoms with van der Waals surface area (Å²) in [6, 6.07) is 1.62. The van der Waals surface area contributed by atoms with E-state index in [4.69, 9.17) is 18.7 Å². The van der Waals surface area contributed by atoms with E-state index in [1.165, 1.54) is 9.31 Å². The third kappa shape index (κ3) is 20.2. The van der Waals surface area contributed by atoms with Gasteiger partial charge in [0.1, 0.15) is 16.8 Å². The van der Waals surface area contributed by atoms with E-state index in [0.717, 1.165) is 77.4 Å². The molecule has 4 heterocycles. The molecule has 3 N–H and O–H groups in total. The van der Waals surface area contributed by atoms with Gasteiger partial charge >= 0.3 is 35.1 Å². The number of rotatable bonds is 30. The van der Waals surface area contributed by atoms with Crippen LogP contribution in [0.2, 0.25) is 0 Å². The molecule has 0 saturated carbocycles. The van der Waals surface area contributed by atoms with Gasteiger partial charge in [-0.3, -0.25) is 24.1 Å². The quantitative estimate of drug-likeness (QED) is 0.0543. The molecule has 3 aliphatic heterocycles. The van der Waals surface area contributed by atoms with Crippen molar-refractivity contribution in [3.8, 4) is 0 Å². The number of alkyl carbamates (subject to hydrolysis) is 3. The average molecular weight is 892 g/mol. The van der Waals surface area contributed by atoms with Crippen LogP contribution in [0.5, 0.6) is 0 Å². The van der Waals surface area contributed by atoms with Crippen LogP contribution in [0.25, 0.3) is 0 Å². The van der Waals surface area contributed by atoms with Gasteiger partial charge in [-0.05, 0) is 101 Å². The number of ether oxygens (including phenoxy) is 3. The van der Waals surface area contributed by atoms with Gasteiger partial charge in [0.05, 0.1) is 6.54 Å². The van der Waals surface area contributed by atoms with Crippen molar-refractivity contribution in [3.05, 3.63) is 26.4 Å².